The van der Waals surface area contributed by atoms with Crippen molar-refractivity contribution in [2.24, 2.45) is 5.73 Å². The van der Waals surface area contributed by atoms with Crippen LogP contribution in [0.1, 0.15) is 12.5 Å². The molecular formula is C15H20N2O4. The number of primary amides is 1. The van der Waals surface area contributed by atoms with E-state index in [9.17, 15) is 9.59 Å². The Morgan fingerprint density at radius 1 is 1.48 bits per heavy atom. The maximum atomic E-state index is 12.4. The second-order valence-corrected chi connectivity index (χ2v) is 5.29. The Labute approximate surface area is 123 Å². The summed E-state index contributed by atoms with van der Waals surface area (Å²) in [6.45, 7) is 2.57. The van der Waals surface area contributed by atoms with Gasteiger partial charge in [0.2, 0.25) is 5.91 Å². The number of rotatable bonds is 4. The highest BCUT2D eigenvalue weighted by atomic mass is 16.5. The van der Waals surface area contributed by atoms with E-state index in [0.717, 1.165) is 5.56 Å². The van der Waals surface area contributed by atoms with Gasteiger partial charge >= 0.3 is 0 Å². The number of morpholine rings is 1. The van der Waals surface area contributed by atoms with Crippen molar-refractivity contribution in [3.8, 4) is 5.75 Å². The Kier molecular flexibility index (Phi) is 4.47. The number of nitrogens with two attached hydrogens (primary N) is 1. The van der Waals surface area contributed by atoms with E-state index in [1.54, 1.807) is 18.9 Å². The lowest BCUT2D eigenvalue weighted by atomic mass is 10.0. The molecule has 1 aliphatic heterocycles. The zero-order chi connectivity index (χ0) is 15.5. The van der Waals surface area contributed by atoms with E-state index in [2.05, 4.69) is 0 Å². The highest BCUT2D eigenvalue weighted by Crippen LogP contribution is 2.19. The first kappa shape index (κ1) is 15.3. The van der Waals surface area contributed by atoms with Crippen LogP contribution in [-0.4, -0.2) is 49.1 Å². The average molecular weight is 292 g/mol. The van der Waals surface area contributed by atoms with Crippen LogP contribution in [0.2, 0.25) is 0 Å². The maximum absolute atomic E-state index is 12.4. The molecule has 6 heteroatoms. The van der Waals surface area contributed by atoms with Crippen LogP contribution in [0.15, 0.2) is 24.3 Å². The molecule has 21 heavy (non-hydrogen) atoms. The Morgan fingerprint density at radius 3 is 2.90 bits per heavy atom. The summed E-state index contributed by atoms with van der Waals surface area (Å²) in [5.41, 5.74) is 5.09. The Bertz CT molecular complexity index is 546. The van der Waals surface area contributed by atoms with Crippen LogP contribution in [-0.2, 0) is 20.7 Å². The number of carbonyl (C=O) groups excluding carboxylic acids is 2. The van der Waals surface area contributed by atoms with Crippen molar-refractivity contribution in [1.82, 2.24) is 4.90 Å². The van der Waals surface area contributed by atoms with Crippen molar-refractivity contribution >= 4 is 11.8 Å². The van der Waals surface area contributed by atoms with Crippen LogP contribution in [0.3, 0.4) is 0 Å². The minimum atomic E-state index is -1.11. The molecule has 0 saturated carbocycles. The van der Waals surface area contributed by atoms with Crippen LogP contribution < -0.4 is 10.5 Å². The van der Waals surface area contributed by atoms with Crippen LogP contribution in [0.25, 0.3) is 0 Å². The van der Waals surface area contributed by atoms with Crippen molar-refractivity contribution < 1.29 is 19.1 Å². The van der Waals surface area contributed by atoms with Crippen molar-refractivity contribution in [1.29, 1.82) is 0 Å². The standard InChI is InChI=1S/C15H20N2O4/c1-15(14(16)19)10-17(6-7-21-15)13(18)9-11-4-3-5-12(8-11)20-2/h3-5,8H,6-7,9-10H2,1-2H3,(H2,16,19)/t15-/m1/s1. The Hall–Kier alpha value is -2.08. The molecule has 0 unspecified atom stereocenters. The lowest BCUT2D eigenvalue weighted by Crippen LogP contribution is -2.58. The van der Waals surface area contributed by atoms with Gasteiger partial charge in [-0.2, -0.15) is 0 Å². The van der Waals surface area contributed by atoms with Gasteiger partial charge in [0.25, 0.3) is 5.91 Å². The van der Waals surface area contributed by atoms with Gasteiger partial charge in [0, 0.05) is 6.54 Å². The molecular weight excluding hydrogens is 272 g/mol. The van der Waals surface area contributed by atoms with E-state index in [-0.39, 0.29) is 18.9 Å². The van der Waals surface area contributed by atoms with Gasteiger partial charge in [-0.25, -0.2) is 0 Å². The van der Waals surface area contributed by atoms with Gasteiger partial charge in [-0.1, -0.05) is 12.1 Å². The normalized spacial score (nSPS) is 21.9. The second kappa shape index (κ2) is 6.13. The third kappa shape index (κ3) is 3.52. The van der Waals surface area contributed by atoms with Gasteiger partial charge in [-0.15, -0.1) is 0 Å². The topological polar surface area (TPSA) is 81.9 Å². The van der Waals surface area contributed by atoms with Gasteiger partial charge in [0.05, 0.1) is 26.7 Å². The fourth-order valence-corrected chi connectivity index (χ4v) is 2.30. The van der Waals surface area contributed by atoms with Crippen molar-refractivity contribution in [3.05, 3.63) is 29.8 Å². The number of hydrogen-bond acceptors (Lipinski definition) is 4. The van der Waals surface area contributed by atoms with E-state index in [1.807, 2.05) is 24.3 Å². The molecule has 6 nitrogen and oxygen atoms in total. The molecule has 1 aromatic rings. The zero-order valence-electron chi connectivity index (χ0n) is 12.3. The molecule has 0 aromatic heterocycles. The molecule has 2 rings (SSSR count). The monoisotopic (exact) mass is 292 g/mol. The third-order valence-corrected chi connectivity index (χ3v) is 3.64. The summed E-state index contributed by atoms with van der Waals surface area (Å²) in [7, 11) is 1.58. The fraction of sp³-hybridized carbons (Fsp3) is 0.467. The van der Waals surface area contributed by atoms with Gasteiger partial charge in [-0.05, 0) is 24.6 Å². The smallest absolute Gasteiger partial charge is 0.251 e. The number of nitrogens with zero attached hydrogens (tertiary/aromatic N) is 1. The summed E-state index contributed by atoms with van der Waals surface area (Å²) in [6, 6.07) is 7.36. The maximum Gasteiger partial charge on any atom is 0.251 e. The molecule has 1 saturated heterocycles. The SMILES string of the molecule is COc1cccc(CC(=O)N2CCO[C@@](C)(C(N)=O)C2)c1. The van der Waals surface area contributed by atoms with E-state index in [1.165, 1.54) is 0 Å². The number of carbonyl (C=O) groups is 2. The van der Waals surface area contributed by atoms with E-state index >= 15 is 0 Å². The van der Waals surface area contributed by atoms with Crippen LogP contribution in [0, 0.1) is 0 Å². The highest BCUT2D eigenvalue weighted by Gasteiger charge is 2.39. The number of ether oxygens (including phenoxy) is 2. The summed E-state index contributed by atoms with van der Waals surface area (Å²) in [6.07, 6.45) is 0.256. The molecule has 0 radical (unpaired) electrons. The van der Waals surface area contributed by atoms with Crippen LogP contribution in [0.5, 0.6) is 5.75 Å². The fourth-order valence-electron chi connectivity index (χ4n) is 2.30. The second-order valence-electron chi connectivity index (χ2n) is 5.29. The molecule has 1 aromatic carbocycles. The lowest BCUT2D eigenvalue weighted by molar-refractivity contribution is -0.160. The van der Waals surface area contributed by atoms with Gasteiger partial charge in [0.15, 0.2) is 5.60 Å². The Balaban J connectivity index is 2.04. The van der Waals surface area contributed by atoms with E-state index in [4.69, 9.17) is 15.2 Å². The van der Waals surface area contributed by atoms with Gasteiger partial charge in [0.1, 0.15) is 5.75 Å². The third-order valence-electron chi connectivity index (χ3n) is 3.64. The molecule has 1 fully saturated rings. The quantitative estimate of drug-likeness (QED) is 0.867. The van der Waals surface area contributed by atoms with E-state index in [0.29, 0.717) is 18.9 Å². The van der Waals surface area contributed by atoms with Crippen LogP contribution in [0.4, 0.5) is 0 Å². The summed E-state index contributed by atoms with van der Waals surface area (Å²) in [5, 5.41) is 0. The van der Waals surface area contributed by atoms with Crippen molar-refractivity contribution in [2.45, 2.75) is 18.9 Å². The molecule has 1 heterocycles. The highest BCUT2D eigenvalue weighted by molar-refractivity contribution is 5.85. The van der Waals surface area contributed by atoms with Crippen molar-refractivity contribution in [2.75, 3.05) is 26.8 Å². The molecule has 2 amide bonds. The molecule has 0 bridgehead atoms. The van der Waals surface area contributed by atoms with E-state index < -0.39 is 11.5 Å². The summed E-state index contributed by atoms with van der Waals surface area (Å²) >= 11 is 0. The molecule has 1 aliphatic rings. The number of methoxy groups -OCH3 is 1. The predicted molar refractivity (Wildman–Crippen MR) is 76.8 cm³/mol. The largest absolute Gasteiger partial charge is 0.497 e. The first-order chi connectivity index (χ1) is 9.94. The Morgan fingerprint density at radius 2 is 2.24 bits per heavy atom. The summed E-state index contributed by atoms with van der Waals surface area (Å²) in [4.78, 5) is 25.4. The predicted octanol–water partition coefficient (Wildman–Crippen LogP) is 0.340. The van der Waals surface area contributed by atoms with Gasteiger partial charge < -0.3 is 20.1 Å². The summed E-state index contributed by atoms with van der Waals surface area (Å²) in [5.74, 6) is 0.102. The number of hydrogen-bond donors (Lipinski definition) is 1. The first-order valence-electron chi connectivity index (χ1n) is 6.79. The summed E-state index contributed by atoms with van der Waals surface area (Å²) < 4.78 is 10.5. The molecule has 2 N–H and O–H groups in total. The molecule has 0 aliphatic carbocycles. The average Bonchev–Trinajstić information content (AvgIpc) is 2.47. The minimum absolute atomic E-state index is 0.0565. The number of amides is 2. The molecule has 1 atom stereocenters. The van der Waals surface area contributed by atoms with Gasteiger partial charge in [-0.3, -0.25) is 9.59 Å². The first-order valence-corrected chi connectivity index (χ1v) is 6.79. The minimum Gasteiger partial charge on any atom is -0.497 e. The number of benzene rings is 1. The molecule has 0 spiro atoms. The molecule has 114 valence electrons. The zero-order valence-corrected chi connectivity index (χ0v) is 12.3. The van der Waals surface area contributed by atoms with Crippen molar-refractivity contribution in [3.63, 3.8) is 0 Å². The lowest BCUT2D eigenvalue weighted by Gasteiger charge is -2.38. The van der Waals surface area contributed by atoms with Crippen LogP contribution >= 0.6 is 0 Å².